The summed E-state index contributed by atoms with van der Waals surface area (Å²) in [5.74, 6) is 1.33. The second-order valence-electron chi connectivity index (χ2n) is 6.87. The van der Waals surface area contributed by atoms with Gasteiger partial charge in [-0.05, 0) is 43.6 Å². The van der Waals surface area contributed by atoms with Gasteiger partial charge in [0.2, 0.25) is 0 Å². The summed E-state index contributed by atoms with van der Waals surface area (Å²) < 4.78 is 5.71. The molecule has 0 aliphatic carbocycles. The molecule has 0 radical (unpaired) electrons. The Balaban J connectivity index is 1.47. The lowest BCUT2D eigenvalue weighted by atomic mass is 10.1. The number of hydrogen-bond acceptors (Lipinski definition) is 4. The number of likely N-dealkylation sites (tertiary alicyclic amines) is 1. The van der Waals surface area contributed by atoms with Gasteiger partial charge < -0.3 is 9.72 Å². The highest BCUT2D eigenvalue weighted by molar-refractivity contribution is 5.55. The van der Waals surface area contributed by atoms with Crippen LogP contribution in [0.1, 0.15) is 24.1 Å². The van der Waals surface area contributed by atoms with Crippen molar-refractivity contribution in [2.75, 3.05) is 13.1 Å². The standard InChI is InChI=1S/C22H23N3O2/c26-21-14-19(16-27-20-6-2-1-3-7-20)23-22(24-21)18-10-8-17(9-11-18)15-25-12-4-5-13-25/h1-3,6-11,14H,4-5,12-13,15-16H2,(H,23,24,26). The van der Waals surface area contributed by atoms with Gasteiger partial charge in [0.1, 0.15) is 18.2 Å². The normalized spacial score (nSPS) is 14.4. The highest BCUT2D eigenvalue weighted by Gasteiger charge is 2.12. The Kier molecular flexibility index (Phi) is 5.30. The summed E-state index contributed by atoms with van der Waals surface area (Å²) in [4.78, 5) is 21.9. The van der Waals surface area contributed by atoms with Gasteiger partial charge in [-0.25, -0.2) is 4.98 Å². The van der Waals surface area contributed by atoms with E-state index in [-0.39, 0.29) is 12.2 Å². The molecular weight excluding hydrogens is 338 g/mol. The first-order chi connectivity index (χ1) is 13.3. The van der Waals surface area contributed by atoms with Crippen molar-refractivity contribution in [1.29, 1.82) is 0 Å². The largest absolute Gasteiger partial charge is 0.487 e. The number of aromatic nitrogens is 2. The quantitative estimate of drug-likeness (QED) is 0.729. The molecular formula is C22H23N3O2. The van der Waals surface area contributed by atoms with Crippen LogP contribution in [0.2, 0.25) is 0 Å². The smallest absolute Gasteiger partial charge is 0.251 e. The first kappa shape index (κ1) is 17.5. The van der Waals surface area contributed by atoms with Crippen LogP contribution in [0, 0.1) is 0 Å². The number of ether oxygens (including phenoxy) is 1. The Morgan fingerprint density at radius 1 is 1.00 bits per heavy atom. The molecule has 5 nitrogen and oxygen atoms in total. The number of para-hydroxylation sites is 1. The topological polar surface area (TPSA) is 58.2 Å². The molecule has 0 saturated carbocycles. The maximum absolute atomic E-state index is 12.0. The van der Waals surface area contributed by atoms with E-state index >= 15 is 0 Å². The Morgan fingerprint density at radius 3 is 2.48 bits per heavy atom. The van der Waals surface area contributed by atoms with Gasteiger partial charge in [-0.15, -0.1) is 0 Å². The van der Waals surface area contributed by atoms with Crippen LogP contribution < -0.4 is 10.3 Å². The molecule has 0 bridgehead atoms. The minimum Gasteiger partial charge on any atom is -0.487 e. The maximum Gasteiger partial charge on any atom is 0.251 e. The molecule has 1 fully saturated rings. The molecule has 1 aromatic heterocycles. The fourth-order valence-corrected chi connectivity index (χ4v) is 3.36. The van der Waals surface area contributed by atoms with Gasteiger partial charge in [-0.1, -0.05) is 42.5 Å². The van der Waals surface area contributed by atoms with E-state index in [2.05, 4.69) is 27.0 Å². The Bertz CT molecular complexity index is 930. The second-order valence-corrected chi connectivity index (χ2v) is 6.87. The number of benzene rings is 2. The van der Waals surface area contributed by atoms with E-state index in [9.17, 15) is 4.79 Å². The predicted octanol–water partition coefficient (Wildman–Crippen LogP) is 3.61. The van der Waals surface area contributed by atoms with Crippen molar-refractivity contribution >= 4 is 0 Å². The van der Waals surface area contributed by atoms with E-state index in [4.69, 9.17) is 4.74 Å². The van der Waals surface area contributed by atoms with Gasteiger partial charge >= 0.3 is 0 Å². The van der Waals surface area contributed by atoms with Crippen LogP contribution >= 0.6 is 0 Å². The van der Waals surface area contributed by atoms with Crippen molar-refractivity contribution in [3.63, 3.8) is 0 Å². The molecule has 0 amide bonds. The molecule has 4 rings (SSSR count). The minimum absolute atomic E-state index is 0.173. The molecule has 3 aromatic rings. The van der Waals surface area contributed by atoms with Gasteiger partial charge in [0.25, 0.3) is 5.56 Å². The van der Waals surface area contributed by atoms with Gasteiger partial charge in [0.05, 0.1) is 5.69 Å². The molecule has 1 saturated heterocycles. The third-order valence-corrected chi connectivity index (χ3v) is 4.76. The Morgan fingerprint density at radius 2 is 1.74 bits per heavy atom. The number of nitrogens with one attached hydrogen (secondary N) is 1. The third kappa shape index (κ3) is 4.63. The zero-order valence-electron chi connectivity index (χ0n) is 15.2. The summed E-state index contributed by atoms with van der Waals surface area (Å²) in [6.45, 7) is 3.60. The van der Waals surface area contributed by atoms with E-state index in [0.29, 0.717) is 11.5 Å². The van der Waals surface area contributed by atoms with Crippen molar-refractivity contribution in [3.8, 4) is 17.1 Å². The van der Waals surface area contributed by atoms with Gasteiger partial charge in [0, 0.05) is 18.2 Å². The number of hydrogen-bond donors (Lipinski definition) is 1. The molecule has 1 aliphatic heterocycles. The van der Waals surface area contributed by atoms with Crippen LogP contribution in [0.3, 0.4) is 0 Å². The van der Waals surface area contributed by atoms with Crippen LogP contribution in [0.15, 0.2) is 65.5 Å². The molecule has 27 heavy (non-hydrogen) atoms. The van der Waals surface area contributed by atoms with Crippen LogP contribution in [0.25, 0.3) is 11.4 Å². The fourth-order valence-electron chi connectivity index (χ4n) is 3.36. The molecule has 0 unspecified atom stereocenters. The highest BCUT2D eigenvalue weighted by atomic mass is 16.5. The van der Waals surface area contributed by atoms with E-state index in [1.807, 2.05) is 42.5 Å². The Labute approximate surface area is 158 Å². The Hall–Kier alpha value is -2.92. The second kappa shape index (κ2) is 8.18. The van der Waals surface area contributed by atoms with Crippen molar-refractivity contribution in [2.24, 2.45) is 0 Å². The summed E-state index contributed by atoms with van der Waals surface area (Å²) in [6.07, 6.45) is 2.59. The minimum atomic E-state index is -0.173. The van der Waals surface area contributed by atoms with Gasteiger partial charge in [-0.3, -0.25) is 9.69 Å². The first-order valence-corrected chi connectivity index (χ1v) is 9.36. The highest BCUT2D eigenvalue weighted by Crippen LogP contribution is 2.18. The zero-order valence-corrected chi connectivity index (χ0v) is 15.2. The summed E-state index contributed by atoms with van der Waals surface area (Å²) >= 11 is 0. The monoisotopic (exact) mass is 361 g/mol. The van der Waals surface area contributed by atoms with Gasteiger partial charge in [-0.2, -0.15) is 0 Å². The molecule has 5 heteroatoms. The first-order valence-electron chi connectivity index (χ1n) is 9.36. The summed E-state index contributed by atoms with van der Waals surface area (Å²) in [5, 5.41) is 0. The van der Waals surface area contributed by atoms with Crippen LogP contribution in [0.5, 0.6) is 5.75 Å². The predicted molar refractivity (Wildman–Crippen MR) is 106 cm³/mol. The maximum atomic E-state index is 12.0. The van der Waals surface area contributed by atoms with Crippen LogP contribution in [0.4, 0.5) is 0 Å². The zero-order chi connectivity index (χ0) is 18.5. The molecule has 138 valence electrons. The van der Waals surface area contributed by atoms with E-state index in [0.717, 1.165) is 17.9 Å². The van der Waals surface area contributed by atoms with E-state index < -0.39 is 0 Å². The summed E-state index contributed by atoms with van der Waals surface area (Å²) in [7, 11) is 0. The average Bonchev–Trinajstić information content (AvgIpc) is 3.20. The van der Waals surface area contributed by atoms with Crippen molar-refractivity contribution in [2.45, 2.75) is 26.0 Å². The molecule has 1 aliphatic rings. The SMILES string of the molecule is O=c1cc(COc2ccccc2)nc(-c2ccc(CN3CCCC3)cc2)[nH]1. The lowest BCUT2D eigenvalue weighted by Crippen LogP contribution is -2.18. The fraction of sp³-hybridized carbons (Fsp3) is 0.273. The van der Waals surface area contributed by atoms with Gasteiger partial charge in [0.15, 0.2) is 0 Å². The molecule has 0 spiro atoms. The average molecular weight is 361 g/mol. The van der Waals surface area contributed by atoms with Crippen molar-refractivity contribution in [1.82, 2.24) is 14.9 Å². The lowest BCUT2D eigenvalue weighted by molar-refractivity contribution is 0.301. The van der Waals surface area contributed by atoms with Crippen LogP contribution in [-0.2, 0) is 13.2 Å². The third-order valence-electron chi connectivity index (χ3n) is 4.76. The van der Waals surface area contributed by atoms with Crippen LogP contribution in [-0.4, -0.2) is 28.0 Å². The van der Waals surface area contributed by atoms with Crippen molar-refractivity contribution in [3.05, 3.63) is 82.3 Å². The number of aromatic amines is 1. The number of H-pyrrole nitrogens is 1. The molecule has 2 heterocycles. The lowest BCUT2D eigenvalue weighted by Gasteiger charge is -2.14. The summed E-state index contributed by atoms with van der Waals surface area (Å²) in [6, 6.07) is 19.3. The van der Waals surface area contributed by atoms with E-state index in [1.54, 1.807) is 0 Å². The van der Waals surface area contributed by atoms with E-state index in [1.165, 1.54) is 37.6 Å². The summed E-state index contributed by atoms with van der Waals surface area (Å²) in [5.41, 5.74) is 2.62. The number of rotatable bonds is 6. The molecule has 2 aromatic carbocycles. The molecule has 0 atom stereocenters. The van der Waals surface area contributed by atoms with Crippen molar-refractivity contribution < 1.29 is 4.74 Å². The number of nitrogens with zero attached hydrogens (tertiary/aromatic N) is 2. The molecule has 1 N–H and O–H groups in total.